The van der Waals surface area contributed by atoms with Gasteiger partial charge in [0.1, 0.15) is 6.61 Å². The summed E-state index contributed by atoms with van der Waals surface area (Å²) >= 11 is 0. The molecule has 0 saturated carbocycles. The maximum atomic E-state index is 12.0. The number of amides is 1. The standard InChI is InChI=1S/C18H36N4O3/c1-16(2)21-9-7-20(8-10-21)11-12-24-13-14-25-15-18(23)22-5-3-17(19)4-6-22/h16-17H,3-15,19H2,1-2H3. The molecule has 0 spiro atoms. The molecule has 0 aromatic heterocycles. The highest BCUT2D eigenvalue weighted by Gasteiger charge is 2.20. The lowest BCUT2D eigenvalue weighted by atomic mass is 10.1. The Morgan fingerprint density at radius 1 is 1.00 bits per heavy atom. The van der Waals surface area contributed by atoms with E-state index in [1.807, 2.05) is 4.90 Å². The van der Waals surface area contributed by atoms with Crippen molar-refractivity contribution in [2.45, 2.75) is 38.8 Å². The van der Waals surface area contributed by atoms with Gasteiger partial charge in [-0.2, -0.15) is 0 Å². The summed E-state index contributed by atoms with van der Waals surface area (Å²) in [6.07, 6.45) is 1.78. The zero-order chi connectivity index (χ0) is 18.1. The summed E-state index contributed by atoms with van der Waals surface area (Å²) in [6.45, 7) is 13.4. The molecule has 0 radical (unpaired) electrons. The molecule has 0 unspecified atom stereocenters. The number of piperidine rings is 1. The summed E-state index contributed by atoms with van der Waals surface area (Å²) in [4.78, 5) is 18.8. The lowest BCUT2D eigenvalue weighted by Gasteiger charge is -2.36. The molecule has 2 fully saturated rings. The summed E-state index contributed by atoms with van der Waals surface area (Å²) in [5, 5.41) is 0. The first-order valence-corrected chi connectivity index (χ1v) is 9.71. The SMILES string of the molecule is CC(C)N1CCN(CCOCCOCC(=O)N2CCC(N)CC2)CC1. The number of carbonyl (C=O) groups excluding carboxylic acids is 1. The van der Waals surface area contributed by atoms with Crippen molar-refractivity contribution in [2.75, 3.05) is 72.2 Å². The Balaban J connectivity index is 1.42. The van der Waals surface area contributed by atoms with Gasteiger partial charge in [-0.1, -0.05) is 0 Å². The zero-order valence-electron chi connectivity index (χ0n) is 16.0. The highest BCUT2D eigenvalue weighted by molar-refractivity contribution is 5.77. The molecule has 7 heteroatoms. The van der Waals surface area contributed by atoms with Crippen LogP contribution in [-0.2, 0) is 14.3 Å². The van der Waals surface area contributed by atoms with E-state index >= 15 is 0 Å². The Morgan fingerprint density at radius 3 is 2.28 bits per heavy atom. The lowest BCUT2D eigenvalue weighted by molar-refractivity contribution is -0.137. The number of hydrogen-bond acceptors (Lipinski definition) is 6. The minimum atomic E-state index is 0.0647. The first kappa shape index (κ1) is 20.6. The molecule has 2 heterocycles. The highest BCUT2D eigenvalue weighted by Crippen LogP contribution is 2.08. The summed E-state index contributed by atoms with van der Waals surface area (Å²) in [5.41, 5.74) is 5.85. The fourth-order valence-corrected chi connectivity index (χ4v) is 3.32. The van der Waals surface area contributed by atoms with Gasteiger partial charge in [0.25, 0.3) is 0 Å². The van der Waals surface area contributed by atoms with Crippen LogP contribution in [0.15, 0.2) is 0 Å². The number of likely N-dealkylation sites (tertiary alicyclic amines) is 1. The second kappa shape index (κ2) is 11.1. The van der Waals surface area contributed by atoms with Crippen LogP contribution in [0.25, 0.3) is 0 Å². The number of ether oxygens (including phenoxy) is 2. The van der Waals surface area contributed by atoms with Crippen molar-refractivity contribution in [3.05, 3.63) is 0 Å². The molecular formula is C18H36N4O3. The van der Waals surface area contributed by atoms with Gasteiger partial charge in [-0.3, -0.25) is 14.6 Å². The maximum Gasteiger partial charge on any atom is 0.248 e. The van der Waals surface area contributed by atoms with E-state index in [-0.39, 0.29) is 18.6 Å². The first-order chi connectivity index (χ1) is 12.1. The van der Waals surface area contributed by atoms with E-state index in [0.717, 1.165) is 65.3 Å². The molecule has 2 N–H and O–H groups in total. The van der Waals surface area contributed by atoms with Gasteiger partial charge in [-0.25, -0.2) is 0 Å². The third-order valence-corrected chi connectivity index (χ3v) is 5.18. The molecule has 2 aliphatic rings. The van der Waals surface area contributed by atoms with Crippen LogP contribution >= 0.6 is 0 Å². The molecule has 2 saturated heterocycles. The van der Waals surface area contributed by atoms with E-state index in [1.165, 1.54) is 0 Å². The Kier molecular flexibility index (Phi) is 9.12. The Bertz CT molecular complexity index is 379. The average Bonchev–Trinajstić information content (AvgIpc) is 2.61. The Morgan fingerprint density at radius 2 is 1.64 bits per heavy atom. The van der Waals surface area contributed by atoms with Crippen LogP contribution in [0.1, 0.15) is 26.7 Å². The van der Waals surface area contributed by atoms with Crippen molar-refractivity contribution >= 4 is 5.91 Å². The summed E-state index contributed by atoms with van der Waals surface area (Å²) < 4.78 is 11.1. The van der Waals surface area contributed by atoms with Crippen molar-refractivity contribution in [1.29, 1.82) is 0 Å². The van der Waals surface area contributed by atoms with Gasteiger partial charge in [0.2, 0.25) is 5.91 Å². The molecule has 7 nitrogen and oxygen atoms in total. The van der Waals surface area contributed by atoms with Crippen molar-refractivity contribution < 1.29 is 14.3 Å². The first-order valence-electron chi connectivity index (χ1n) is 9.71. The zero-order valence-corrected chi connectivity index (χ0v) is 16.0. The fourth-order valence-electron chi connectivity index (χ4n) is 3.32. The molecule has 0 bridgehead atoms. The van der Waals surface area contributed by atoms with Gasteiger partial charge in [-0.15, -0.1) is 0 Å². The second-order valence-electron chi connectivity index (χ2n) is 7.35. The van der Waals surface area contributed by atoms with Crippen molar-refractivity contribution in [3.63, 3.8) is 0 Å². The van der Waals surface area contributed by atoms with Crippen molar-refractivity contribution in [3.8, 4) is 0 Å². The molecule has 25 heavy (non-hydrogen) atoms. The average molecular weight is 357 g/mol. The van der Waals surface area contributed by atoms with Crippen LogP contribution in [0.2, 0.25) is 0 Å². The third-order valence-electron chi connectivity index (χ3n) is 5.18. The predicted octanol–water partition coefficient (Wildman–Crippen LogP) is -0.00470. The van der Waals surface area contributed by atoms with Crippen LogP contribution in [0.4, 0.5) is 0 Å². The minimum Gasteiger partial charge on any atom is -0.378 e. The van der Waals surface area contributed by atoms with Crippen LogP contribution in [-0.4, -0.2) is 105 Å². The van der Waals surface area contributed by atoms with E-state index in [0.29, 0.717) is 19.3 Å². The van der Waals surface area contributed by atoms with E-state index in [4.69, 9.17) is 15.2 Å². The number of piperazine rings is 1. The van der Waals surface area contributed by atoms with E-state index in [1.54, 1.807) is 0 Å². The fraction of sp³-hybridized carbons (Fsp3) is 0.944. The number of nitrogens with zero attached hydrogens (tertiary/aromatic N) is 3. The minimum absolute atomic E-state index is 0.0647. The van der Waals surface area contributed by atoms with Gasteiger partial charge >= 0.3 is 0 Å². The van der Waals surface area contributed by atoms with Gasteiger partial charge in [-0.05, 0) is 26.7 Å². The number of carbonyl (C=O) groups is 1. The van der Waals surface area contributed by atoms with Crippen LogP contribution in [0.5, 0.6) is 0 Å². The summed E-state index contributed by atoms with van der Waals surface area (Å²) in [5.74, 6) is 0.0647. The smallest absolute Gasteiger partial charge is 0.248 e. The predicted molar refractivity (Wildman–Crippen MR) is 98.6 cm³/mol. The maximum absolute atomic E-state index is 12.0. The van der Waals surface area contributed by atoms with Crippen molar-refractivity contribution in [2.24, 2.45) is 5.73 Å². The molecule has 0 aliphatic carbocycles. The van der Waals surface area contributed by atoms with Crippen molar-refractivity contribution in [1.82, 2.24) is 14.7 Å². The molecule has 2 aliphatic heterocycles. The molecular weight excluding hydrogens is 320 g/mol. The lowest BCUT2D eigenvalue weighted by Crippen LogP contribution is -2.49. The largest absolute Gasteiger partial charge is 0.378 e. The molecule has 1 amide bonds. The quantitative estimate of drug-likeness (QED) is 0.586. The number of rotatable bonds is 9. The molecule has 146 valence electrons. The van der Waals surface area contributed by atoms with Crippen LogP contribution < -0.4 is 5.73 Å². The van der Waals surface area contributed by atoms with Crippen LogP contribution in [0.3, 0.4) is 0 Å². The normalized spacial score (nSPS) is 21.2. The van der Waals surface area contributed by atoms with Gasteiger partial charge in [0.05, 0.1) is 19.8 Å². The van der Waals surface area contributed by atoms with Gasteiger partial charge in [0, 0.05) is 57.9 Å². The molecule has 0 aromatic rings. The second-order valence-corrected chi connectivity index (χ2v) is 7.35. The van der Waals surface area contributed by atoms with E-state index < -0.39 is 0 Å². The number of nitrogens with two attached hydrogens (primary N) is 1. The van der Waals surface area contributed by atoms with Gasteiger partial charge < -0.3 is 20.1 Å². The molecule has 2 rings (SSSR count). The van der Waals surface area contributed by atoms with E-state index in [9.17, 15) is 4.79 Å². The molecule has 0 aromatic carbocycles. The van der Waals surface area contributed by atoms with E-state index in [2.05, 4.69) is 23.6 Å². The Labute approximate surface area is 152 Å². The number of hydrogen-bond donors (Lipinski definition) is 1. The highest BCUT2D eigenvalue weighted by atomic mass is 16.5. The topological polar surface area (TPSA) is 71.3 Å². The van der Waals surface area contributed by atoms with Crippen LogP contribution in [0, 0.1) is 0 Å². The summed E-state index contributed by atoms with van der Waals surface area (Å²) in [6, 6.07) is 0.881. The Hall–Kier alpha value is -0.730. The monoisotopic (exact) mass is 356 g/mol. The van der Waals surface area contributed by atoms with Gasteiger partial charge in [0.15, 0.2) is 0 Å². The molecule has 0 atom stereocenters. The summed E-state index contributed by atoms with van der Waals surface area (Å²) in [7, 11) is 0. The third kappa shape index (κ3) is 7.58.